The van der Waals surface area contributed by atoms with Crippen molar-refractivity contribution in [3.63, 3.8) is 0 Å². The quantitative estimate of drug-likeness (QED) is 0.583. The SMILES string of the molecule is CCCNC(c1cc2cccc(Cl)c2o1)c1cc(Br)cs1. The number of furan rings is 1. The molecule has 1 N–H and O–H groups in total. The summed E-state index contributed by atoms with van der Waals surface area (Å²) in [5, 5.41) is 7.33. The van der Waals surface area contributed by atoms with E-state index >= 15 is 0 Å². The second-order valence-electron chi connectivity index (χ2n) is 4.86. The number of thiophene rings is 1. The van der Waals surface area contributed by atoms with Crippen LogP contribution >= 0.6 is 38.9 Å². The summed E-state index contributed by atoms with van der Waals surface area (Å²) in [5.41, 5.74) is 0.757. The predicted molar refractivity (Wildman–Crippen MR) is 93.4 cm³/mol. The fraction of sp³-hybridized carbons (Fsp3) is 0.250. The highest BCUT2D eigenvalue weighted by Crippen LogP contribution is 2.35. The monoisotopic (exact) mass is 383 g/mol. The van der Waals surface area contributed by atoms with Gasteiger partial charge in [0, 0.05) is 20.1 Å². The summed E-state index contributed by atoms with van der Waals surface area (Å²) >= 11 is 11.4. The van der Waals surface area contributed by atoms with Gasteiger partial charge in [-0.15, -0.1) is 11.3 Å². The Kier molecular flexibility index (Phi) is 4.69. The molecule has 110 valence electrons. The molecular weight excluding hydrogens is 370 g/mol. The lowest BCUT2D eigenvalue weighted by molar-refractivity contribution is 0.473. The van der Waals surface area contributed by atoms with Gasteiger partial charge >= 0.3 is 0 Å². The highest BCUT2D eigenvalue weighted by Gasteiger charge is 2.20. The highest BCUT2D eigenvalue weighted by molar-refractivity contribution is 9.10. The third kappa shape index (κ3) is 3.19. The van der Waals surface area contributed by atoms with Crippen LogP contribution in [0.4, 0.5) is 0 Å². The summed E-state index contributed by atoms with van der Waals surface area (Å²) in [6, 6.07) is 10.1. The maximum Gasteiger partial charge on any atom is 0.152 e. The number of para-hydroxylation sites is 1. The molecule has 1 unspecified atom stereocenters. The molecule has 0 saturated carbocycles. The van der Waals surface area contributed by atoms with Crippen LogP contribution in [-0.4, -0.2) is 6.54 Å². The van der Waals surface area contributed by atoms with Gasteiger partial charge in [-0.2, -0.15) is 0 Å². The van der Waals surface area contributed by atoms with E-state index in [0.29, 0.717) is 5.02 Å². The molecule has 0 aliphatic heterocycles. The van der Waals surface area contributed by atoms with Gasteiger partial charge in [0.15, 0.2) is 5.58 Å². The van der Waals surface area contributed by atoms with Gasteiger partial charge < -0.3 is 9.73 Å². The summed E-state index contributed by atoms with van der Waals surface area (Å²) in [6.07, 6.45) is 1.07. The number of benzene rings is 1. The van der Waals surface area contributed by atoms with Crippen LogP contribution in [0.5, 0.6) is 0 Å². The van der Waals surface area contributed by atoms with E-state index in [-0.39, 0.29) is 6.04 Å². The van der Waals surface area contributed by atoms with Crippen molar-refractivity contribution < 1.29 is 4.42 Å². The molecule has 2 aromatic heterocycles. The zero-order valence-corrected chi connectivity index (χ0v) is 14.7. The van der Waals surface area contributed by atoms with Gasteiger partial charge in [-0.25, -0.2) is 0 Å². The minimum absolute atomic E-state index is 0.0599. The van der Waals surface area contributed by atoms with Crippen LogP contribution in [0.2, 0.25) is 5.02 Å². The van der Waals surface area contributed by atoms with Crippen LogP contribution in [-0.2, 0) is 0 Å². The summed E-state index contributed by atoms with van der Waals surface area (Å²) in [6.45, 7) is 3.09. The molecule has 0 spiro atoms. The van der Waals surface area contributed by atoms with E-state index < -0.39 is 0 Å². The first-order valence-corrected chi connectivity index (χ1v) is 8.89. The van der Waals surface area contributed by atoms with Crippen molar-refractivity contribution in [3.8, 4) is 0 Å². The second kappa shape index (κ2) is 6.53. The molecule has 5 heteroatoms. The Bertz CT molecular complexity index is 752. The summed E-state index contributed by atoms with van der Waals surface area (Å²) < 4.78 is 7.12. The first-order valence-electron chi connectivity index (χ1n) is 6.84. The summed E-state index contributed by atoms with van der Waals surface area (Å²) in [5.74, 6) is 0.904. The number of fused-ring (bicyclic) bond motifs is 1. The van der Waals surface area contributed by atoms with Crippen molar-refractivity contribution in [1.29, 1.82) is 0 Å². The fourth-order valence-corrected chi connectivity index (χ4v) is 4.05. The van der Waals surface area contributed by atoms with Crippen molar-refractivity contribution in [1.82, 2.24) is 5.32 Å². The minimum atomic E-state index is 0.0599. The van der Waals surface area contributed by atoms with Gasteiger partial charge in [-0.1, -0.05) is 30.7 Å². The van der Waals surface area contributed by atoms with Crippen LogP contribution < -0.4 is 5.32 Å². The first-order chi connectivity index (χ1) is 10.2. The molecule has 0 bridgehead atoms. The van der Waals surface area contributed by atoms with Crippen molar-refractivity contribution in [3.05, 3.63) is 55.8 Å². The molecule has 0 amide bonds. The van der Waals surface area contributed by atoms with Crippen LogP contribution in [0, 0.1) is 0 Å². The van der Waals surface area contributed by atoms with Crippen molar-refractivity contribution in [2.45, 2.75) is 19.4 Å². The van der Waals surface area contributed by atoms with E-state index in [1.807, 2.05) is 18.2 Å². The molecule has 2 heterocycles. The molecule has 2 nitrogen and oxygen atoms in total. The number of halogens is 2. The molecule has 1 atom stereocenters. The second-order valence-corrected chi connectivity index (χ2v) is 7.13. The molecule has 0 fully saturated rings. The number of hydrogen-bond acceptors (Lipinski definition) is 3. The number of nitrogens with one attached hydrogen (secondary N) is 1. The molecule has 1 aromatic carbocycles. The Balaban J connectivity index is 2.03. The lowest BCUT2D eigenvalue weighted by Crippen LogP contribution is -2.21. The molecule has 0 aliphatic rings. The fourth-order valence-electron chi connectivity index (χ4n) is 2.30. The topological polar surface area (TPSA) is 25.2 Å². The van der Waals surface area contributed by atoms with E-state index in [1.165, 1.54) is 4.88 Å². The number of hydrogen-bond donors (Lipinski definition) is 1. The standard InChI is InChI=1S/C16H15BrClNOS/c1-2-6-19-15(14-8-11(17)9-21-14)13-7-10-4-3-5-12(18)16(10)20-13/h3-5,7-9,15,19H,2,6H2,1H3. The minimum Gasteiger partial charge on any atom is -0.457 e. The first kappa shape index (κ1) is 15.1. The molecule has 21 heavy (non-hydrogen) atoms. The van der Waals surface area contributed by atoms with Gasteiger partial charge in [-0.3, -0.25) is 0 Å². The van der Waals surface area contributed by atoms with E-state index in [2.05, 4.69) is 45.7 Å². The average Bonchev–Trinajstić information content (AvgIpc) is 3.07. The van der Waals surface area contributed by atoms with Crippen molar-refractivity contribution >= 4 is 49.8 Å². The van der Waals surface area contributed by atoms with Gasteiger partial charge in [0.1, 0.15) is 11.8 Å². The van der Waals surface area contributed by atoms with Crippen LogP contribution in [0.1, 0.15) is 30.0 Å². The zero-order chi connectivity index (χ0) is 14.8. The van der Waals surface area contributed by atoms with Crippen molar-refractivity contribution in [2.75, 3.05) is 6.54 Å². The van der Waals surface area contributed by atoms with Gasteiger partial charge in [-0.05, 0) is 47.1 Å². The highest BCUT2D eigenvalue weighted by atomic mass is 79.9. The van der Waals surface area contributed by atoms with Gasteiger partial charge in [0.2, 0.25) is 0 Å². The number of rotatable bonds is 5. The maximum absolute atomic E-state index is 6.21. The Morgan fingerprint density at radius 3 is 2.90 bits per heavy atom. The smallest absolute Gasteiger partial charge is 0.152 e. The zero-order valence-electron chi connectivity index (χ0n) is 11.5. The molecule has 3 aromatic rings. The maximum atomic E-state index is 6.21. The van der Waals surface area contributed by atoms with E-state index in [9.17, 15) is 0 Å². The molecular formula is C16H15BrClNOS. The van der Waals surface area contributed by atoms with E-state index in [1.54, 1.807) is 11.3 Å². The summed E-state index contributed by atoms with van der Waals surface area (Å²) in [4.78, 5) is 1.23. The molecule has 0 saturated heterocycles. The Labute approximate surface area is 141 Å². The van der Waals surface area contributed by atoms with E-state index in [0.717, 1.165) is 34.2 Å². The summed E-state index contributed by atoms with van der Waals surface area (Å²) in [7, 11) is 0. The lowest BCUT2D eigenvalue weighted by atomic mass is 10.1. The lowest BCUT2D eigenvalue weighted by Gasteiger charge is -2.14. The Morgan fingerprint density at radius 2 is 2.24 bits per heavy atom. The molecule has 0 aliphatic carbocycles. The predicted octanol–water partition coefficient (Wildman–Crippen LogP) is 6.00. The Morgan fingerprint density at radius 1 is 1.38 bits per heavy atom. The molecule has 3 rings (SSSR count). The van der Waals surface area contributed by atoms with Crippen molar-refractivity contribution in [2.24, 2.45) is 0 Å². The van der Waals surface area contributed by atoms with Crippen LogP contribution in [0.3, 0.4) is 0 Å². The van der Waals surface area contributed by atoms with Gasteiger partial charge in [0.25, 0.3) is 0 Å². The molecule has 0 radical (unpaired) electrons. The van der Waals surface area contributed by atoms with Crippen LogP contribution in [0.15, 0.2) is 44.6 Å². The average molecular weight is 385 g/mol. The van der Waals surface area contributed by atoms with Crippen LogP contribution in [0.25, 0.3) is 11.0 Å². The normalized spacial score (nSPS) is 12.9. The van der Waals surface area contributed by atoms with Gasteiger partial charge in [0.05, 0.1) is 5.02 Å². The Hall–Kier alpha value is -0.810. The largest absolute Gasteiger partial charge is 0.457 e. The third-order valence-corrected chi connectivity index (χ3v) is 5.33. The third-order valence-electron chi connectivity index (χ3n) is 3.27. The van der Waals surface area contributed by atoms with E-state index in [4.69, 9.17) is 16.0 Å².